The molecule has 3 aliphatic heterocycles. The Balaban J connectivity index is 1.58. The first-order valence-corrected chi connectivity index (χ1v) is 9.79. The van der Waals surface area contributed by atoms with Gasteiger partial charge in [0, 0.05) is 13.1 Å². The summed E-state index contributed by atoms with van der Waals surface area (Å²) in [5.74, 6) is -0.0510. The van der Waals surface area contributed by atoms with Crippen molar-refractivity contribution in [1.29, 1.82) is 0 Å². The number of nitrogens with zero attached hydrogens (tertiary/aromatic N) is 3. The highest BCUT2D eigenvalue weighted by Crippen LogP contribution is 2.49. The van der Waals surface area contributed by atoms with Crippen LogP contribution < -0.4 is 9.64 Å². The lowest BCUT2D eigenvalue weighted by Crippen LogP contribution is -2.44. The summed E-state index contributed by atoms with van der Waals surface area (Å²) in [6.07, 6.45) is 0.976. The second-order valence-electron chi connectivity index (χ2n) is 7.33. The molecule has 3 saturated heterocycles. The van der Waals surface area contributed by atoms with E-state index in [1.165, 1.54) is 4.90 Å². The molecule has 0 aromatic heterocycles. The van der Waals surface area contributed by atoms with Gasteiger partial charge in [0.15, 0.2) is 0 Å². The van der Waals surface area contributed by atoms with Gasteiger partial charge < -0.3 is 4.74 Å². The minimum Gasteiger partial charge on any atom is -0.497 e. The van der Waals surface area contributed by atoms with E-state index in [-0.39, 0.29) is 17.9 Å². The molecular weight excluding hydrogens is 378 g/mol. The SMILES string of the molecule is COc1ccc(C2C3C(=O)N(c4ccccc4Cl)C(=O)C3N3CCCN23)cc1. The maximum Gasteiger partial charge on any atom is 0.253 e. The number of para-hydroxylation sites is 1. The molecule has 3 fully saturated rings. The highest BCUT2D eigenvalue weighted by Gasteiger charge is 2.63. The van der Waals surface area contributed by atoms with Crippen LogP contribution in [0.1, 0.15) is 18.0 Å². The van der Waals surface area contributed by atoms with Crippen LogP contribution in [-0.4, -0.2) is 48.1 Å². The second kappa shape index (κ2) is 6.58. The number of fused-ring (bicyclic) bond motifs is 3. The predicted molar refractivity (Wildman–Crippen MR) is 105 cm³/mol. The fourth-order valence-electron chi connectivity index (χ4n) is 4.78. The molecule has 2 amide bonds. The van der Waals surface area contributed by atoms with E-state index in [2.05, 4.69) is 10.0 Å². The summed E-state index contributed by atoms with van der Waals surface area (Å²) in [6, 6.07) is 14.1. The Morgan fingerprint density at radius 2 is 1.61 bits per heavy atom. The zero-order valence-corrected chi connectivity index (χ0v) is 16.2. The lowest BCUT2D eigenvalue weighted by Gasteiger charge is -2.30. The number of methoxy groups -OCH3 is 1. The van der Waals surface area contributed by atoms with Gasteiger partial charge in [-0.25, -0.2) is 14.9 Å². The van der Waals surface area contributed by atoms with E-state index in [9.17, 15) is 9.59 Å². The Morgan fingerprint density at radius 1 is 0.929 bits per heavy atom. The molecule has 3 aliphatic rings. The lowest BCUT2D eigenvalue weighted by molar-refractivity contribution is -0.126. The maximum atomic E-state index is 13.5. The quantitative estimate of drug-likeness (QED) is 0.745. The van der Waals surface area contributed by atoms with E-state index >= 15 is 0 Å². The lowest BCUT2D eigenvalue weighted by atomic mass is 9.90. The molecule has 0 spiro atoms. The van der Waals surface area contributed by atoms with Crippen molar-refractivity contribution < 1.29 is 14.3 Å². The molecule has 7 heteroatoms. The van der Waals surface area contributed by atoms with Crippen molar-refractivity contribution in [2.24, 2.45) is 5.92 Å². The van der Waals surface area contributed by atoms with E-state index in [0.29, 0.717) is 10.7 Å². The van der Waals surface area contributed by atoms with E-state index in [1.807, 2.05) is 24.3 Å². The molecule has 3 heterocycles. The van der Waals surface area contributed by atoms with Crippen molar-refractivity contribution in [2.45, 2.75) is 18.5 Å². The van der Waals surface area contributed by atoms with Gasteiger partial charge in [0.05, 0.1) is 29.8 Å². The molecule has 2 aromatic carbocycles. The van der Waals surface area contributed by atoms with Crippen LogP contribution in [0.2, 0.25) is 5.02 Å². The molecule has 5 rings (SSSR count). The number of hydrogen-bond donors (Lipinski definition) is 0. The summed E-state index contributed by atoms with van der Waals surface area (Å²) in [5, 5.41) is 4.68. The zero-order valence-electron chi connectivity index (χ0n) is 15.4. The number of carbonyl (C=O) groups excluding carboxylic acids is 2. The molecule has 6 nitrogen and oxygen atoms in total. The molecular formula is C21H20ClN3O3. The summed E-state index contributed by atoms with van der Waals surface area (Å²) in [7, 11) is 1.63. The van der Waals surface area contributed by atoms with E-state index in [4.69, 9.17) is 16.3 Å². The van der Waals surface area contributed by atoms with Gasteiger partial charge in [-0.15, -0.1) is 0 Å². The summed E-state index contributed by atoms with van der Waals surface area (Å²) >= 11 is 6.31. The Morgan fingerprint density at radius 3 is 2.29 bits per heavy atom. The molecule has 3 atom stereocenters. The molecule has 2 aromatic rings. The van der Waals surface area contributed by atoms with Crippen molar-refractivity contribution in [3.63, 3.8) is 0 Å². The van der Waals surface area contributed by atoms with Crippen molar-refractivity contribution in [3.8, 4) is 5.75 Å². The first-order chi connectivity index (χ1) is 13.6. The smallest absolute Gasteiger partial charge is 0.253 e. The average Bonchev–Trinajstić information content (AvgIpc) is 3.35. The van der Waals surface area contributed by atoms with Crippen molar-refractivity contribution in [2.75, 3.05) is 25.1 Å². The van der Waals surface area contributed by atoms with Crippen molar-refractivity contribution in [3.05, 3.63) is 59.1 Å². The number of hydrogen-bond acceptors (Lipinski definition) is 5. The third kappa shape index (κ3) is 2.42. The Labute approximate surface area is 168 Å². The molecule has 0 bridgehead atoms. The summed E-state index contributed by atoms with van der Waals surface area (Å²) in [4.78, 5) is 28.1. The van der Waals surface area contributed by atoms with Crippen molar-refractivity contribution >= 4 is 29.1 Å². The number of halogens is 1. The largest absolute Gasteiger partial charge is 0.497 e. The van der Waals surface area contributed by atoms with E-state index in [0.717, 1.165) is 30.8 Å². The molecule has 144 valence electrons. The zero-order chi connectivity index (χ0) is 19.4. The summed E-state index contributed by atoms with van der Waals surface area (Å²) in [5.41, 5.74) is 1.48. The number of ether oxygens (including phenoxy) is 1. The number of rotatable bonds is 3. The van der Waals surface area contributed by atoms with Crippen LogP contribution in [-0.2, 0) is 9.59 Å². The number of benzene rings is 2. The summed E-state index contributed by atoms with van der Waals surface area (Å²) in [6.45, 7) is 1.62. The second-order valence-corrected chi connectivity index (χ2v) is 7.74. The highest BCUT2D eigenvalue weighted by molar-refractivity contribution is 6.36. The van der Waals surface area contributed by atoms with Crippen LogP contribution in [0.5, 0.6) is 5.75 Å². The highest BCUT2D eigenvalue weighted by atomic mass is 35.5. The van der Waals surface area contributed by atoms with Gasteiger partial charge in [-0.1, -0.05) is 35.9 Å². The monoisotopic (exact) mass is 397 g/mol. The molecule has 0 N–H and O–H groups in total. The normalized spacial score (nSPS) is 27.4. The van der Waals surface area contributed by atoms with Crippen LogP contribution in [0.3, 0.4) is 0 Å². The fourth-order valence-corrected chi connectivity index (χ4v) is 5.01. The van der Waals surface area contributed by atoms with Crippen LogP contribution in [0.4, 0.5) is 5.69 Å². The average molecular weight is 398 g/mol. The summed E-state index contributed by atoms with van der Waals surface area (Å²) < 4.78 is 5.26. The van der Waals surface area contributed by atoms with Gasteiger partial charge >= 0.3 is 0 Å². The van der Waals surface area contributed by atoms with Gasteiger partial charge in [0.25, 0.3) is 5.91 Å². The van der Waals surface area contributed by atoms with Crippen LogP contribution >= 0.6 is 11.6 Å². The first-order valence-electron chi connectivity index (χ1n) is 9.41. The molecule has 0 aliphatic carbocycles. The van der Waals surface area contributed by atoms with Gasteiger partial charge in [-0.2, -0.15) is 0 Å². The number of carbonyl (C=O) groups is 2. The Kier molecular flexibility index (Phi) is 4.16. The van der Waals surface area contributed by atoms with E-state index in [1.54, 1.807) is 31.4 Å². The molecule has 28 heavy (non-hydrogen) atoms. The van der Waals surface area contributed by atoms with Crippen LogP contribution in [0.25, 0.3) is 0 Å². The fraction of sp³-hybridized carbons (Fsp3) is 0.333. The van der Waals surface area contributed by atoms with Crippen LogP contribution in [0.15, 0.2) is 48.5 Å². The number of anilines is 1. The molecule has 3 unspecified atom stereocenters. The molecule has 0 radical (unpaired) electrons. The minimum atomic E-state index is -0.474. The topological polar surface area (TPSA) is 53.1 Å². The Hall–Kier alpha value is -2.41. The van der Waals surface area contributed by atoms with Gasteiger partial charge in [-0.05, 0) is 36.2 Å². The van der Waals surface area contributed by atoms with Crippen molar-refractivity contribution in [1.82, 2.24) is 10.0 Å². The third-order valence-corrected chi connectivity index (χ3v) is 6.28. The number of imide groups is 1. The number of amides is 2. The third-order valence-electron chi connectivity index (χ3n) is 5.96. The maximum absolute atomic E-state index is 13.5. The van der Waals surface area contributed by atoms with Gasteiger partial charge in [-0.3, -0.25) is 9.59 Å². The predicted octanol–water partition coefficient (Wildman–Crippen LogP) is 2.88. The molecule has 0 saturated carbocycles. The standard InChI is InChI=1S/C21H20ClN3O3/c1-28-14-9-7-13(8-10-14)18-17-19(24-12-4-11-23(18)24)21(27)25(20(17)26)16-6-3-2-5-15(16)22/h2-3,5-10,17-19H,4,11-12H2,1H3. The minimum absolute atomic E-state index is 0.164. The van der Waals surface area contributed by atoms with Gasteiger partial charge in [0.2, 0.25) is 5.91 Å². The van der Waals surface area contributed by atoms with E-state index < -0.39 is 12.0 Å². The first kappa shape index (κ1) is 17.7. The number of hydrazine groups is 1. The van der Waals surface area contributed by atoms with Crippen LogP contribution in [0, 0.1) is 5.92 Å². The Bertz CT molecular complexity index is 948. The van der Waals surface area contributed by atoms with Gasteiger partial charge in [0.1, 0.15) is 11.8 Å².